The van der Waals surface area contributed by atoms with Crippen LogP contribution in [-0.4, -0.2) is 9.97 Å². The van der Waals surface area contributed by atoms with Gasteiger partial charge in [0.25, 0.3) is 5.71 Å². The summed E-state index contributed by atoms with van der Waals surface area (Å²) < 4.78 is 10.9. The lowest BCUT2D eigenvalue weighted by Crippen LogP contribution is -1.91. The van der Waals surface area contributed by atoms with Crippen molar-refractivity contribution in [3.63, 3.8) is 0 Å². The number of pyridine rings is 1. The van der Waals surface area contributed by atoms with Crippen LogP contribution in [0.5, 0.6) is 0 Å². The maximum Gasteiger partial charge on any atom is 0.268 e. The van der Waals surface area contributed by atoms with Gasteiger partial charge < -0.3 is 14.6 Å². The molecular formula is C12H11N3O2. The zero-order valence-corrected chi connectivity index (χ0v) is 9.30. The Labute approximate surface area is 97.3 Å². The Morgan fingerprint density at radius 1 is 1.29 bits per heavy atom. The summed E-state index contributed by atoms with van der Waals surface area (Å²) >= 11 is 0. The van der Waals surface area contributed by atoms with Gasteiger partial charge in [0.2, 0.25) is 11.5 Å². The molecule has 2 N–H and O–H groups in total. The maximum atomic E-state index is 5.80. The van der Waals surface area contributed by atoms with Crippen molar-refractivity contribution in [2.24, 2.45) is 0 Å². The van der Waals surface area contributed by atoms with Crippen molar-refractivity contribution in [2.45, 2.75) is 13.3 Å². The zero-order chi connectivity index (χ0) is 11.8. The summed E-state index contributed by atoms with van der Waals surface area (Å²) in [6, 6.07) is 5.71. The predicted octanol–water partition coefficient (Wildman–Crippen LogP) is 2.30. The molecular weight excluding hydrogens is 218 g/mol. The van der Waals surface area contributed by atoms with Gasteiger partial charge in [0.15, 0.2) is 0 Å². The minimum absolute atomic E-state index is 0.450. The number of nitrogen functional groups attached to an aromatic ring is 1. The van der Waals surface area contributed by atoms with Gasteiger partial charge in [-0.3, -0.25) is 4.98 Å². The summed E-state index contributed by atoms with van der Waals surface area (Å²) in [5.74, 6) is 1.19. The van der Waals surface area contributed by atoms with Crippen molar-refractivity contribution >= 4 is 17.0 Å². The third-order valence-electron chi connectivity index (χ3n) is 2.57. The van der Waals surface area contributed by atoms with Crippen LogP contribution >= 0.6 is 0 Å². The fraction of sp³-hybridized carbons (Fsp3) is 0.167. The SMILES string of the molecule is Cc1oc2nc(Cc3ccccn3)oc2c1N. The van der Waals surface area contributed by atoms with Gasteiger partial charge in [-0.1, -0.05) is 6.07 Å². The van der Waals surface area contributed by atoms with Crippen molar-refractivity contribution in [1.82, 2.24) is 9.97 Å². The highest BCUT2D eigenvalue weighted by atomic mass is 16.4. The summed E-state index contributed by atoms with van der Waals surface area (Å²) in [4.78, 5) is 8.44. The number of nitrogens with two attached hydrogens (primary N) is 1. The van der Waals surface area contributed by atoms with Crippen LogP contribution in [0, 0.1) is 6.92 Å². The van der Waals surface area contributed by atoms with Crippen molar-refractivity contribution < 1.29 is 8.83 Å². The molecule has 5 nitrogen and oxygen atoms in total. The third-order valence-corrected chi connectivity index (χ3v) is 2.57. The quantitative estimate of drug-likeness (QED) is 0.729. The van der Waals surface area contributed by atoms with Crippen molar-refractivity contribution in [1.29, 1.82) is 0 Å². The Bertz CT molecular complexity index is 655. The Morgan fingerprint density at radius 2 is 2.18 bits per heavy atom. The van der Waals surface area contributed by atoms with Gasteiger partial charge in [-0.05, 0) is 19.1 Å². The van der Waals surface area contributed by atoms with Crippen LogP contribution in [0.4, 0.5) is 5.69 Å². The first-order valence-corrected chi connectivity index (χ1v) is 5.28. The van der Waals surface area contributed by atoms with Crippen LogP contribution in [-0.2, 0) is 6.42 Å². The average Bonchev–Trinajstić information content (AvgIpc) is 2.82. The molecule has 5 heteroatoms. The number of rotatable bonds is 2. The van der Waals surface area contributed by atoms with E-state index < -0.39 is 0 Å². The van der Waals surface area contributed by atoms with E-state index in [1.165, 1.54) is 0 Å². The Kier molecular flexibility index (Phi) is 2.11. The van der Waals surface area contributed by atoms with Crippen molar-refractivity contribution in [3.05, 3.63) is 41.7 Å². The van der Waals surface area contributed by atoms with Gasteiger partial charge in [0.1, 0.15) is 11.4 Å². The first-order valence-electron chi connectivity index (χ1n) is 5.28. The second kappa shape index (κ2) is 3.62. The Morgan fingerprint density at radius 3 is 2.88 bits per heavy atom. The zero-order valence-electron chi connectivity index (χ0n) is 9.30. The molecule has 0 unspecified atom stereocenters. The fourth-order valence-corrected chi connectivity index (χ4v) is 1.68. The first kappa shape index (κ1) is 9.89. The second-order valence-corrected chi connectivity index (χ2v) is 3.81. The van der Waals surface area contributed by atoms with Gasteiger partial charge in [-0.15, -0.1) is 0 Å². The fourth-order valence-electron chi connectivity index (χ4n) is 1.68. The monoisotopic (exact) mass is 229 g/mol. The van der Waals surface area contributed by atoms with Gasteiger partial charge in [0, 0.05) is 11.9 Å². The molecule has 0 radical (unpaired) electrons. The number of nitrogens with zero attached hydrogens (tertiary/aromatic N) is 2. The number of oxazole rings is 1. The third kappa shape index (κ3) is 1.65. The van der Waals surface area contributed by atoms with Crippen LogP contribution in [0.15, 0.2) is 33.2 Å². The number of anilines is 1. The Balaban J connectivity index is 1.97. The summed E-state index contributed by atoms with van der Waals surface area (Å²) in [6.07, 6.45) is 2.27. The molecule has 0 aliphatic rings. The molecule has 0 saturated heterocycles. The van der Waals surface area contributed by atoms with Crippen molar-refractivity contribution in [2.75, 3.05) is 5.73 Å². The van der Waals surface area contributed by atoms with E-state index in [2.05, 4.69) is 9.97 Å². The van der Waals surface area contributed by atoms with Gasteiger partial charge in [-0.25, -0.2) is 0 Å². The standard InChI is InChI=1S/C12H11N3O2/c1-7-10(13)11-12(16-7)15-9(17-11)6-8-4-2-3-5-14-8/h2-5H,6,13H2,1H3. The molecule has 3 rings (SSSR count). The number of hydrogen-bond acceptors (Lipinski definition) is 5. The average molecular weight is 229 g/mol. The molecule has 86 valence electrons. The second-order valence-electron chi connectivity index (χ2n) is 3.81. The highest BCUT2D eigenvalue weighted by Gasteiger charge is 2.15. The van der Waals surface area contributed by atoms with Gasteiger partial charge >= 0.3 is 0 Å². The van der Waals surface area contributed by atoms with Crippen LogP contribution in [0.1, 0.15) is 17.3 Å². The largest absolute Gasteiger partial charge is 0.438 e. The van der Waals surface area contributed by atoms with Crippen LogP contribution < -0.4 is 5.73 Å². The molecule has 0 amide bonds. The van der Waals surface area contributed by atoms with Gasteiger partial charge in [-0.2, -0.15) is 4.98 Å². The lowest BCUT2D eigenvalue weighted by Gasteiger charge is -1.94. The van der Waals surface area contributed by atoms with E-state index in [1.807, 2.05) is 18.2 Å². The first-order chi connectivity index (χ1) is 8.24. The molecule has 0 saturated carbocycles. The van der Waals surface area contributed by atoms with Crippen LogP contribution in [0.2, 0.25) is 0 Å². The number of aryl methyl sites for hydroxylation is 1. The van der Waals surface area contributed by atoms with E-state index in [1.54, 1.807) is 13.1 Å². The number of aromatic nitrogens is 2. The van der Waals surface area contributed by atoms with Crippen molar-refractivity contribution in [3.8, 4) is 0 Å². The van der Waals surface area contributed by atoms with E-state index in [-0.39, 0.29) is 0 Å². The molecule has 0 spiro atoms. The Hall–Kier alpha value is -2.30. The minimum atomic E-state index is 0.450. The molecule has 0 atom stereocenters. The molecule has 0 aliphatic carbocycles. The lowest BCUT2D eigenvalue weighted by molar-refractivity contribution is 0.539. The molecule has 0 aliphatic heterocycles. The van der Waals surface area contributed by atoms with E-state index >= 15 is 0 Å². The predicted molar refractivity (Wildman–Crippen MR) is 62.5 cm³/mol. The molecule has 3 aromatic rings. The van der Waals surface area contributed by atoms with E-state index in [9.17, 15) is 0 Å². The van der Waals surface area contributed by atoms with Gasteiger partial charge in [0.05, 0.1) is 6.42 Å². The van der Waals surface area contributed by atoms with E-state index in [0.29, 0.717) is 35.1 Å². The summed E-state index contributed by atoms with van der Waals surface area (Å²) in [5, 5.41) is 0. The summed E-state index contributed by atoms with van der Waals surface area (Å²) in [7, 11) is 0. The molecule has 3 aromatic heterocycles. The number of fused-ring (bicyclic) bond motifs is 1. The normalized spacial score (nSPS) is 11.1. The van der Waals surface area contributed by atoms with E-state index in [4.69, 9.17) is 14.6 Å². The van der Waals surface area contributed by atoms with Crippen LogP contribution in [0.3, 0.4) is 0 Å². The topological polar surface area (TPSA) is 78.1 Å². The van der Waals surface area contributed by atoms with E-state index in [0.717, 1.165) is 5.69 Å². The summed E-state index contributed by atoms with van der Waals surface area (Å²) in [5.41, 5.74) is 8.18. The number of furan rings is 1. The van der Waals surface area contributed by atoms with Crippen LogP contribution in [0.25, 0.3) is 11.3 Å². The highest BCUT2D eigenvalue weighted by Crippen LogP contribution is 2.28. The lowest BCUT2D eigenvalue weighted by atomic mass is 10.3. The highest BCUT2D eigenvalue weighted by molar-refractivity contribution is 5.82. The number of hydrogen-bond donors (Lipinski definition) is 1. The molecule has 17 heavy (non-hydrogen) atoms. The molecule has 0 aromatic carbocycles. The maximum absolute atomic E-state index is 5.80. The molecule has 3 heterocycles. The molecule has 0 bridgehead atoms. The summed E-state index contributed by atoms with van der Waals surface area (Å²) in [6.45, 7) is 1.78. The molecule has 0 fully saturated rings. The smallest absolute Gasteiger partial charge is 0.268 e. The minimum Gasteiger partial charge on any atom is -0.438 e.